The Labute approximate surface area is 141 Å². The van der Waals surface area contributed by atoms with Gasteiger partial charge in [-0.05, 0) is 62.4 Å². The Morgan fingerprint density at radius 1 is 1.29 bits per heavy atom. The number of aromatic nitrogens is 1. The van der Waals surface area contributed by atoms with Crippen molar-refractivity contribution in [3.63, 3.8) is 0 Å². The van der Waals surface area contributed by atoms with Gasteiger partial charge < -0.3 is 10.2 Å². The minimum absolute atomic E-state index is 0.0747. The van der Waals surface area contributed by atoms with Gasteiger partial charge in [-0.15, -0.1) is 0 Å². The number of likely N-dealkylation sites (tertiary alicyclic amines) is 1. The summed E-state index contributed by atoms with van der Waals surface area (Å²) in [6, 6.07) is 7.31. The lowest BCUT2D eigenvalue weighted by Crippen LogP contribution is -2.44. The minimum Gasteiger partial charge on any atom is -0.322 e. The molecule has 0 saturated carbocycles. The molecule has 1 aromatic carbocycles. The number of piperidine rings is 1. The van der Waals surface area contributed by atoms with Crippen molar-refractivity contribution in [3.05, 3.63) is 48.0 Å². The van der Waals surface area contributed by atoms with Crippen molar-refractivity contribution >= 4 is 11.7 Å². The number of carbonyl (C=O) groups is 1. The highest BCUT2D eigenvalue weighted by atomic mass is 19.1. The number of hydrogen-bond donors (Lipinski definition) is 1. The molecule has 1 fully saturated rings. The molecule has 5 heteroatoms. The fourth-order valence-electron chi connectivity index (χ4n) is 3.17. The van der Waals surface area contributed by atoms with Crippen molar-refractivity contribution in [3.8, 4) is 11.1 Å². The molecule has 1 aliphatic rings. The number of rotatable bonds is 2. The van der Waals surface area contributed by atoms with E-state index in [9.17, 15) is 9.18 Å². The van der Waals surface area contributed by atoms with E-state index in [0.717, 1.165) is 30.5 Å². The summed E-state index contributed by atoms with van der Waals surface area (Å²) in [6.45, 7) is 4.83. The third kappa shape index (κ3) is 3.55. The number of nitrogens with zero attached hydrogens (tertiary/aromatic N) is 2. The van der Waals surface area contributed by atoms with Crippen LogP contribution in [0.5, 0.6) is 0 Å². The number of halogens is 1. The normalized spacial score (nSPS) is 17.6. The van der Waals surface area contributed by atoms with Crippen LogP contribution in [0.1, 0.15) is 31.7 Å². The highest BCUT2D eigenvalue weighted by Gasteiger charge is 2.23. The van der Waals surface area contributed by atoms with Gasteiger partial charge in [0.2, 0.25) is 0 Å². The summed E-state index contributed by atoms with van der Waals surface area (Å²) < 4.78 is 13.4. The SMILES string of the molecule is Cc1ccc(NC(=O)N2CCCC[C@@H]2C)cc1-c1cncc(F)c1. The molecule has 0 radical (unpaired) electrons. The van der Waals surface area contributed by atoms with Crippen LogP contribution in [0.4, 0.5) is 14.9 Å². The van der Waals surface area contributed by atoms with Crippen LogP contribution in [0, 0.1) is 12.7 Å². The Hall–Kier alpha value is -2.43. The van der Waals surface area contributed by atoms with Gasteiger partial charge in [-0.25, -0.2) is 9.18 Å². The van der Waals surface area contributed by atoms with Crippen LogP contribution in [0.15, 0.2) is 36.7 Å². The van der Waals surface area contributed by atoms with E-state index >= 15 is 0 Å². The molecule has 126 valence electrons. The summed E-state index contributed by atoms with van der Waals surface area (Å²) >= 11 is 0. The van der Waals surface area contributed by atoms with Crippen molar-refractivity contribution in [2.24, 2.45) is 0 Å². The first-order chi connectivity index (χ1) is 11.5. The quantitative estimate of drug-likeness (QED) is 0.876. The highest BCUT2D eigenvalue weighted by molar-refractivity contribution is 5.90. The maximum absolute atomic E-state index is 13.4. The zero-order chi connectivity index (χ0) is 17.1. The Balaban J connectivity index is 1.82. The van der Waals surface area contributed by atoms with Crippen LogP contribution in [-0.2, 0) is 0 Å². The molecule has 1 aromatic heterocycles. The zero-order valence-corrected chi connectivity index (χ0v) is 14.1. The largest absolute Gasteiger partial charge is 0.322 e. The first kappa shape index (κ1) is 16.4. The molecule has 1 atom stereocenters. The third-order valence-electron chi connectivity index (χ3n) is 4.57. The summed E-state index contributed by atoms with van der Waals surface area (Å²) in [5.74, 6) is -0.372. The molecule has 0 bridgehead atoms. The summed E-state index contributed by atoms with van der Waals surface area (Å²) in [4.78, 5) is 18.3. The van der Waals surface area contributed by atoms with Crippen LogP contribution in [0.2, 0.25) is 0 Å². The fraction of sp³-hybridized carbons (Fsp3) is 0.368. The highest BCUT2D eigenvalue weighted by Crippen LogP contribution is 2.27. The molecule has 4 nitrogen and oxygen atoms in total. The van der Waals surface area contributed by atoms with Gasteiger partial charge in [0, 0.05) is 30.0 Å². The number of amides is 2. The second-order valence-corrected chi connectivity index (χ2v) is 6.39. The summed E-state index contributed by atoms with van der Waals surface area (Å²) in [5, 5.41) is 2.97. The lowest BCUT2D eigenvalue weighted by molar-refractivity contribution is 0.170. The number of benzene rings is 1. The van der Waals surface area contributed by atoms with Crippen molar-refractivity contribution in [2.45, 2.75) is 39.2 Å². The molecule has 1 N–H and O–H groups in total. The Bertz CT molecular complexity index is 747. The van der Waals surface area contributed by atoms with Crippen LogP contribution in [0.3, 0.4) is 0 Å². The zero-order valence-electron chi connectivity index (χ0n) is 14.1. The molecule has 1 aliphatic heterocycles. The topological polar surface area (TPSA) is 45.2 Å². The monoisotopic (exact) mass is 327 g/mol. The van der Waals surface area contributed by atoms with Crippen LogP contribution in [-0.4, -0.2) is 28.5 Å². The van der Waals surface area contributed by atoms with Gasteiger partial charge in [0.25, 0.3) is 0 Å². The number of carbonyl (C=O) groups excluding carboxylic acids is 1. The maximum atomic E-state index is 13.4. The molecule has 0 spiro atoms. The lowest BCUT2D eigenvalue weighted by atomic mass is 10.0. The maximum Gasteiger partial charge on any atom is 0.322 e. The average Bonchev–Trinajstić information content (AvgIpc) is 2.57. The number of hydrogen-bond acceptors (Lipinski definition) is 2. The van der Waals surface area contributed by atoms with Gasteiger partial charge in [-0.2, -0.15) is 0 Å². The molecular weight excluding hydrogens is 305 g/mol. The number of nitrogens with one attached hydrogen (secondary N) is 1. The number of urea groups is 1. The molecule has 2 heterocycles. The number of pyridine rings is 1. The van der Waals surface area contributed by atoms with Gasteiger partial charge in [0.05, 0.1) is 6.20 Å². The summed E-state index contributed by atoms with van der Waals surface area (Å²) in [6.07, 6.45) is 6.07. The Kier molecular flexibility index (Phi) is 4.79. The van der Waals surface area contributed by atoms with Gasteiger partial charge in [0.1, 0.15) is 5.82 Å². The molecular formula is C19H22FN3O. The van der Waals surface area contributed by atoms with E-state index in [-0.39, 0.29) is 17.9 Å². The van der Waals surface area contributed by atoms with Crippen molar-refractivity contribution in [1.29, 1.82) is 0 Å². The van der Waals surface area contributed by atoms with E-state index in [2.05, 4.69) is 17.2 Å². The molecule has 2 amide bonds. The van der Waals surface area contributed by atoms with E-state index in [1.807, 2.05) is 30.0 Å². The van der Waals surface area contributed by atoms with Crippen LogP contribution < -0.4 is 5.32 Å². The summed E-state index contributed by atoms with van der Waals surface area (Å²) in [7, 11) is 0. The number of anilines is 1. The minimum atomic E-state index is -0.372. The first-order valence-electron chi connectivity index (χ1n) is 8.34. The van der Waals surface area contributed by atoms with Crippen molar-refractivity contribution in [1.82, 2.24) is 9.88 Å². The predicted octanol–water partition coefficient (Wildman–Crippen LogP) is 4.60. The fourth-order valence-corrected chi connectivity index (χ4v) is 3.17. The lowest BCUT2D eigenvalue weighted by Gasteiger charge is -2.33. The van der Waals surface area contributed by atoms with Gasteiger partial charge >= 0.3 is 6.03 Å². The summed E-state index contributed by atoms with van der Waals surface area (Å²) in [5.41, 5.74) is 3.29. The second-order valence-electron chi connectivity index (χ2n) is 6.39. The third-order valence-corrected chi connectivity index (χ3v) is 4.57. The molecule has 1 saturated heterocycles. The van der Waals surface area contributed by atoms with Gasteiger partial charge in [-0.3, -0.25) is 4.98 Å². The van der Waals surface area contributed by atoms with Crippen molar-refractivity contribution < 1.29 is 9.18 Å². The van der Waals surface area contributed by atoms with Crippen LogP contribution in [0.25, 0.3) is 11.1 Å². The molecule has 0 aliphatic carbocycles. The smallest absolute Gasteiger partial charge is 0.322 e. The van der Waals surface area contributed by atoms with Crippen molar-refractivity contribution in [2.75, 3.05) is 11.9 Å². The Morgan fingerprint density at radius 2 is 2.12 bits per heavy atom. The molecule has 2 aromatic rings. The van der Waals surface area contributed by atoms with Crippen LogP contribution >= 0.6 is 0 Å². The van der Waals surface area contributed by atoms with E-state index in [4.69, 9.17) is 0 Å². The Morgan fingerprint density at radius 3 is 2.88 bits per heavy atom. The molecule has 3 rings (SSSR count). The van der Waals surface area contributed by atoms with E-state index in [0.29, 0.717) is 11.3 Å². The molecule has 0 unspecified atom stereocenters. The van der Waals surface area contributed by atoms with E-state index in [1.54, 1.807) is 6.20 Å². The molecule has 24 heavy (non-hydrogen) atoms. The standard InChI is InChI=1S/C19H22FN3O/c1-13-6-7-17(10-18(13)15-9-16(20)12-21-11-15)22-19(24)23-8-4-3-5-14(23)2/h6-7,9-12,14H,3-5,8H2,1-2H3,(H,22,24)/t14-/m0/s1. The van der Waals surface area contributed by atoms with E-state index in [1.165, 1.54) is 18.7 Å². The second kappa shape index (κ2) is 6.99. The first-order valence-corrected chi connectivity index (χ1v) is 8.34. The number of aryl methyl sites for hydroxylation is 1. The predicted molar refractivity (Wildman–Crippen MR) is 93.4 cm³/mol. The van der Waals surface area contributed by atoms with Gasteiger partial charge in [-0.1, -0.05) is 6.07 Å². The van der Waals surface area contributed by atoms with E-state index < -0.39 is 0 Å². The average molecular weight is 327 g/mol. The van der Waals surface area contributed by atoms with Gasteiger partial charge in [0.15, 0.2) is 0 Å².